The second-order valence-corrected chi connectivity index (χ2v) is 4.86. The molecular weight excluding hydrogens is 268 g/mol. The highest BCUT2D eigenvalue weighted by Gasteiger charge is 2.19. The van der Waals surface area contributed by atoms with Gasteiger partial charge < -0.3 is 14.8 Å². The van der Waals surface area contributed by atoms with E-state index in [9.17, 15) is 4.79 Å². The first-order valence-electron chi connectivity index (χ1n) is 6.66. The quantitative estimate of drug-likeness (QED) is 0.873. The van der Waals surface area contributed by atoms with Crippen molar-refractivity contribution in [1.29, 1.82) is 0 Å². The number of aliphatic imine (C=N–C) groups is 1. The van der Waals surface area contributed by atoms with Crippen molar-refractivity contribution in [2.24, 2.45) is 4.99 Å². The van der Waals surface area contributed by atoms with Gasteiger partial charge in [-0.2, -0.15) is 0 Å². The molecule has 4 rings (SSSR count). The zero-order chi connectivity index (χ0) is 14.2. The molecule has 0 aliphatic carbocycles. The Labute approximate surface area is 121 Å². The molecule has 1 N–H and O–H groups in total. The monoisotopic (exact) mass is 280 g/mol. The SMILES string of the molecule is O=C1COc2ccc(C3=Nc4ccccc4OC3)cc2N1. The number of ether oxygens (including phenoxy) is 2. The smallest absolute Gasteiger partial charge is 0.262 e. The number of para-hydroxylation sites is 2. The maximum atomic E-state index is 11.4. The Kier molecular flexibility index (Phi) is 2.64. The molecule has 0 saturated heterocycles. The van der Waals surface area contributed by atoms with E-state index in [4.69, 9.17) is 9.47 Å². The van der Waals surface area contributed by atoms with Gasteiger partial charge in [0.05, 0.1) is 11.4 Å². The van der Waals surface area contributed by atoms with Crippen molar-refractivity contribution in [2.45, 2.75) is 0 Å². The highest BCUT2D eigenvalue weighted by atomic mass is 16.5. The van der Waals surface area contributed by atoms with Crippen molar-refractivity contribution < 1.29 is 14.3 Å². The van der Waals surface area contributed by atoms with Gasteiger partial charge in [-0.3, -0.25) is 4.79 Å². The van der Waals surface area contributed by atoms with Crippen LogP contribution >= 0.6 is 0 Å². The third kappa shape index (κ3) is 2.12. The first-order chi connectivity index (χ1) is 10.3. The van der Waals surface area contributed by atoms with Gasteiger partial charge in [-0.25, -0.2) is 4.99 Å². The minimum Gasteiger partial charge on any atom is -0.485 e. The van der Waals surface area contributed by atoms with E-state index in [1.807, 2.05) is 42.5 Å². The Bertz CT molecular complexity index is 768. The molecule has 0 bridgehead atoms. The fourth-order valence-corrected chi connectivity index (χ4v) is 2.41. The van der Waals surface area contributed by atoms with E-state index in [-0.39, 0.29) is 12.5 Å². The van der Waals surface area contributed by atoms with Gasteiger partial charge in [-0.15, -0.1) is 0 Å². The number of nitrogens with zero attached hydrogens (tertiary/aromatic N) is 1. The highest BCUT2D eigenvalue weighted by molar-refractivity contribution is 6.06. The number of carbonyl (C=O) groups excluding carboxylic acids is 1. The average molecular weight is 280 g/mol. The lowest BCUT2D eigenvalue weighted by atomic mass is 10.1. The van der Waals surface area contributed by atoms with Crippen LogP contribution in [0.2, 0.25) is 0 Å². The summed E-state index contributed by atoms with van der Waals surface area (Å²) in [6.07, 6.45) is 0. The lowest BCUT2D eigenvalue weighted by Gasteiger charge is -2.20. The number of nitrogens with one attached hydrogen (secondary N) is 1. The van der Waals surface area contributed by atoms with Crippen LogP contribution in [0, 0.1) is 0 Å². The van der Waals surface area contributed by atoms with Crippen LogP contribution in [0.1, 0.15) is 5.56 Å². The molecule has 0 saturated carbocycles. The predicted molar refractivity (Wildman–Crippen MR) is 78.7 cm³/mol. The molecule has 0 aromatic heterocycles. The van der Waals surface area contributed by atoms with Crippen LogP contribution in [0.5, 0.6) is 11.5 Å². The van der Waals surface area contributed by atoms with Crippen LogP contribution in [-0.4, -0.2) is 24.8 Å². The van der Waals surface area contributed by atoms with E-state index in [2.05, 4.69) is 10.3 Å². The number of carbonyl (C=O) groups is 1. The summed E-state index contributed by atoms with van der Waals surface area (Å²) in [6.45, 7) is 0.467. The standard InChI is InChI=1S/C16H12N2O3/c19-16-9-21-15-6-5-10(7-12(15)18-16)13-8-20-14-4-2-1-3-11(14)17-13/h1-7H,8-9H2,(H,18,19). The highest BCUT2D eigenvalue weighted by Crippen LogP contribution is 2.33. The molecule has 2 aromatic rings. The van der Waals surface area contributed by atoms with Crippen LogP contribution in [-0.2, 0) is 4.79 Å². The zero-order valence-corrected chi connectivity index (χ0v) is 11.1. The third-order valence-corrected chi connectivity index (χ3v) is 3.43. The van der Waals surface area contributed by atoms with Crippen LogP contribution < -0.4 is 14.8 Å². The molecule has 5 heteroatoms. The Morgan fingerprint density at radius 3 is 2.81 bits per heavy atom. The Morgan fingerprint density at radius 1 is 1.00 bits per heavy atom. The molecule has 104 valence electrons. The van der Waals surface area contributed by atoms with Gasteiger partial charge in [0.1, 0.15) is 23.8 Å². The van der Waals surface area contributed by atoms with Crippen molar-refractivity contribution in [3.63, 3.8) is 0 Å². The van der Waals surface area contributed by atoms with E-state index < -0.39 is 0 Å². The van der Waals surface area contributed by atoms with Gasteiger partial charge in [0, 0.05) is 5.56 Å². The molecule has 2 aliphatic heterocycles. The minimum atomic E-state index is -0.146. The zero-order valence-electron chi connectivity index (χ0n) is 11.1. The molecule has 5 nitrogen and oxygen atoms in total. The van der Waals surface area contributed by atoms with Crippen molar-refractivity contribution in [2.75, 3.05) is 18.5 Å². The summed E-state index contributed by atoms with van der Waals surface area (Å²) in [7, 11) is 0. The van der Waals surface area contributed by atoms with E-state index in [1.165, 1.54) is 0 Å². The first-order valence-corrected chi connectivity index (χ1v) is 6.66. The number of amides is 1. The summed E-state index contributed by atoms with van der Waals surface area (Å²) >= 11 is 0. The van der Waals surface area contributed by atoms with Crippen molar-refractivity contribution >= 4 is 23.0 Å². The van der Waals surface area contributed by atoms with E-state index in [0.717, 1.165) is 22.7 Å². The summed E-state index contributed by atoms with van der Waals surface area (Å²) in [6, 6.07) is 13.3. The average Bonchev–Trinajstić information content (AvgIpc) is 2.53. The number of anilines is 1. The van der Waals surface area contributed by atoms with Crippen LogP contribution in [0.25, 0.3) is 0 Å². The number of rotatable bonds is 1. The van der Waals surface area contributed by atoms with Gasteiger partial charge in [0.25, 0.3) is 5.91 Å². The second-order valence-electron chi connectivity index (χ2n) is 4.86. The normalized spacial score (nSPS) is 15.8. The Morgan fingerprint density at radius 2 is 1.86 bits per heavy atom. The topological polar surface area (TPSA) is 59.9 Å². The summed E-state index contributed by atoms with van der Waals surface area (Å²) < 4.78 is 11.1. The number of benzene rings is 2. The first kappa shape index (κ1) is 12.0. The molecule has 0 fully saturated rings. The van der Waals surface area contributed by atoms with Gasteiger partial charge in [0.15, 0.2) is 6.61 Å². The molecule has 0 unspecified atom stereocenters. The molecule has 2 aromatic carbocycles. The molecule has 1 amide bonds. The van der Waals surface area contributed by atoms with E-state index >= 15 is 0 Å². The summed E-state index contributed by atoms with van der Waals surface area (Å²) in [5.74, 6) is 1.32. The molecule has 0 spiro atoms. The lowest BCUT2D eigenvalue weighted by molar-refractivity contribution is -0.118. The van der Waals surface area contributed by atoms with Crippen molar-refractivity contribution in [3.05, 3.63) is 48.0 Å². The van der Waals surface area contributed by atoms with Crippen LogP contribution in [0.4, 0.5) is 11.4 Å². The van der Waals surface area contributed by atoms with Gasteiger partial charge in [0.2, 0.25) is 0 Å². The molecular formula is C16H12N2O3. The minimum absolute atomic E-state index is 0.0593. The molecule has 21 heavy (non-hydrogen) atoms. The van der Waals surface area contributed by atoms with Crippen molar-refractivity contribution in [3.8, 4) is 11.5 Å². The van der Waals surface area contributed by atoms with E-state index in [1.54, 1.807) is 0 Å². The van der Waals surface area contributed by atoms with Gasteiger partial charge >= 0.3 is 0 Å². The van der Waals surface area contributed by atoms with Crippen molar-refractivity contribution in [1.82, 2.24) is 0 Å². The molecule has 0 radical (unpaired) electrons. The predicted octanol–water partition coefficient (Wildman–Crippen LogP) is 2.53. The summed E-state index contributed by atoms with van der Waals surface area (Å²) in [5, 5.41) is 2.80. The van der Waals surface area contributed by atoms with Gasteiger partial charge in [-0.05, 0) is 30.3 Å². The maximum absolute atomic E-state index is 11.4. The fraction of sp³-hybridized carbons (Fsp3) is 0.125. The van der Waals surface area contributed by atoms with Gasteiger partial charge in [-0.1, -0.05) is 12.1 Å². The second kappa shape index (κ2) is 4.63. The number of hydrogen-bond donors (Lipinski definition) is 1. The Hall–Kier alpha value is -2.82. The number of fused-ring (bicyclic) bond motifs is 2. The summed E-state index contributed by atoms with van der Waals surface area (Å²) in [4.78, 5) is 16.0. The van der Waals surface area contributed by atoms with E-state index in [0.29, 0.717) is 18.0 Å². The van der Waals surface area contributed by atoms with Crippen LogP contribution in [0.15, 0.2) is 47.5 Å². The summed E-state index contributed by atoms with van der Waals surface area (Å²) in [5.41, 5.74) is 3.23. The third-order valence-electron chi connectivity index (χ3n) is 3.43. The maximum Gasteiger partial charge on any atom is 0.262 e. The fourth-order valence-electron chi connectivity index (χ4n) is 2.41. The number of hydrogen-bond acceptors (Lipinski definition) is 4. The lowest BCUT2D eigenvalue weighted by Crippen LogP contribution is -2.26. The molecule has 2 aliphatic rings. The largest absolute Gasteiger partial charge is 0.485 e. The Balaban J connectivity index is 1.73. The van der Waals surface area contributed by atoms with Crippen LogP contribution in [0.3, 0.4) is 0 Å². The molecule has 0 atom stereocenters. The molecule has 2 heterocycles.